The van der Waals surface area contributed by atoms with E-state index < -0.39 is 0 Å². The molecule has 0 fully saturated rings. The molecule has 1 aliphatic carbocycles. The molecule has 0 unspecified atom stereocenters. The van der Waals surface area contributed by atoms with E-state index in [0.717, 1.165) is 34.9 Å². The average molecular weight is 275 g/mol. The summed E-state index contributed by atoms with van der Waals surface area (Å²) in [7, 11) is 0. The second kappa shape index (κ2) is 4.98. The summed E-state index contributed by atoms with van der Waals surface area (Å²) < 4.78 is 5.61. The first kappa shape index (κ1) is 12.7. The summed E-state index contributed by atoms with van der Waals surface area (Å²) in [5.74, 6) is 0.859. The molecule has 0 bridgehead atoms. The summed E-state index contributed by atoms with van der Waals surface area (Å²) in [4.78, 5) is 9.13. The molecule has 0 atom stereocenters. The molecule has 3 rings (SSSR count). The molecule has 2 heterocycles. The molecular weight excluding hydrogens is 258 g/mol. The fraction of sp³-hybridized carbons (Fsp3) is 0.429. The summed E-state index contributed by atoms with van der Waals surface area (Å²) in [5.41, 5.74) is 10.4. The lowest BCUT2D eigenvalue weighted by molar-refractivity contribution is 0.431. The Bertz CT molecular complexity index is 602. The summed E-state index contributed by atoms with van der Waals surface area (Å²) in [6.45, 7) is 4.37. The fourth-order valence-electron chi connectivity index (χ4n) is 2.30. The summed E-state index contributed by atoms with van der Waals surface area (Å²) in [5, 5.41) is 1.58. The third-order valence-electron chi connectivity index (χ3n) is 3.50. The summed E-state index contributed by atoms with van der Waals surface area (Å²) >= 11 is 1.47. The largest absolute Gasteiger partial charge is 0.436 e. The van der Waals surface area contributed by atoms with Crippen molar-refractivity contribution in [3.05, 3.63) is 34.3 Å². The van der Waals surface area contributed by atoms with Gasteiger partial charge in [-0.2, -0.15) is 0 Å². The Balaban J connectivity index is 1.95. The van der Waals surface area contributed by atoms with Gasteiger partial charge >= 0.3 is 0 Å². The van der Waals surface area contributed by atoms with E-state index in [1.807, 2.05) is 13.8 Å². The van der Waals surface area contributed by atoms with Gasteiger partial charge in [0.05, 0.1) is 5.69 Å². The van der Waals surface area contributed by atoms with Crippen LogP contribution >= 0.6 is 11.8 Å². The van der Waals surface area contributed by atoms with E-state index in [1.54, 1.807) is 0 Å². The Labute approximate surface area is 116 Å². The molecule has 100 valence electrons. The first-order valence-corrected chi connectivity index (χ1v) is 7.32. The van der Waals surface area contributed by atoms with Gasteiger partial charge in [-0.3, -0.25) is 0 Å². The number of pyridine rings is 1. The molecule has 2 aromatic rings. The van der Waals surface area contributed by atoms with Crippen LogP contribution in [0.2, 0.25) is 0 Å². The number of aromatic nitrogens is 2. The minimum atomic E-state index is 0.501. The van der Waals surface area contributed by atoms with Gasteiger partial charge in [-0.05, 0) is 56.0 Å². The Hall–Kier alpha value is -1.33. The van der Waals surface area contributed by atoms with Gasteiger partial charge in [0.15, 0.2) is 0 Å². The van der Waals surface area contributed by atoms with Gasteiger partial charge in [0.2, 0.25) is 0 Å². The minimum Gasteiger partial charge on any atom is -0.436 e. The van der Waals surface area contributed by atoms with Crippen molar-refractivity contribution >= 4 is 11.8 Å². The van der Waals surface area contributed by atoms with Crippen molar-refractivity contribution in [2.75, 3.05) is 0 Å². The Morgan fingerprint density at radius 2 is 2.16 bits per heavy atom. The van der Waals surface area contributed by atoms with E-state index in [1.165, 1.54) is 29.4 Å². The monoisotopic (exact) mass is 275 g/mol. The lowest BCUT2D eigenvalue weighted by Crippen LogP contribution is -2.03. The number of rotatable bonds is 3. The van der Waals surface area contributed by atoms with Crippen LogP contribution in [-0.2, 0) is 19.4 Å². The van der Waals surface area contributed by atoms with Gasteiger partial charge in [-0.25, -0.2) is 9.97 Å². The van der Waals surface area contributed by atoms with Gasteiger partial charge < -0.3 is 10.2 Å². The zero-order chi connectivity index (χ0) is 13.4. The molecule has 0 saturated carbocycles. The molecular formula is C14H17N3OS. The van der Waals surface area contributed by atoms with Crippen LogP contribution in [0, 0.1) is 13.8 Å². The SMILES string of the molecule is Cc1nc(Sc2nc3c(cc2CN)CCC3)oc1C. The van der Waals surface area contributed by atoms with E-state index in [9.17, 15) is 0 Å². The maximum Gasteiger partial charge on any atom is 0.262 e. The highest BCUT2D eigenvalue weighted by Crippen LogP contribution is 2.32. The van der Waals surface area contributed by atoms with Crippen molar-refractivity contribution in [3.8, 4) is 0 Å². The molecule has 0 spiro atoms. The Morgan fingerprint density at radius 1 is 1.32 bits per heavy atom. The first-order valence-electron chi connectivity index (χ1n) is 6.51. The van der Waals surface area contributed by atoms with Crippen LogP contribution in [0.1, 0.15) is 34.7 Å². The van der Waals surface area contributed by atoms with Crippen molar-refractivity contribution in [2.45, 2.75) is 49.9 Å². The lowest BCUT2D eigenvalue weighted by atomic mass is 10.1. The number of nitrogens with zero attached hydrogens (tertiary/aromatic N) is 2. The van der Waals surface area contributed by atoms with Gasteiger partial charge in [-0.15, -0.1) is 0 Å². The van der Waals surface area contributed by atoms with Crippen molar-refractivity contribution in [2.24, 2.45) is 5.73 Å². The molecule has 4 nitrogen and oxygen atoms in total. The first-order chi connectivity index (χ1) is 9.17. The number of hydrogen-bond acceptors (Lipinski definition) is 5. The number of aryl methyl sites for hydroxylation is 4. The van der Waals surface area contributed by atoms with Crippen LogP contribution in [0.15, 0.2) is 20.7 Å². The quantitative estimate of drug-likeness (QED) is 0.933. The fourth-order valence-corrected chi connectivity index (χ4v) is 3.25. The van der Waals surface area contributed by atoms with Gasteiger partial charge in [0, 0.05) is 12.2 Å². The van der Waals surface area contributed by atoms with E-state index in [0.29, 0.717) is 11.8 Å². The molecule has 2 N–H and O–H groups in total. The van der Waals surface area contributed by atoms with Crippen LogP contribution in [0.4, 0.5) is 0 Å². The molecule has 5 heteroatoms. The predicted molar refractivity (Wildman–Crippen MR) is 74.3 cm³/mol. The second-order valence-corrected chi connectivity index (χ2v) is 5.78. The predicted octanol–water partition coefficient (Wildman–Crippen LogP) is 2.79. The van der Waals surface area contributed by atoms with Crippen LogP contribution in [0.25, 0.3) is 0 Å². The second-order valence-electron chi connectivity index (χ2n) is 4.84. The molecule has 2 aromatic heterocycles. The van der Waals surface area contributed by atoms with E-state index in [4.69, 9.17) is 15.1 Å². The topological polar surface area (TPSA) is 64.9 Å². The maximum atomic E-state index is 5.83. The zero-order valence-corrected chi connectivity index (χ0v) is 12.0. The molecule has 0 aromatic carbocycles. The van der Waals surface area contributed by atoms with E-state index in [2.05, 4.69) is 11.1 Å². The lowest BCUT2D eigenvalue weighted by Gasteiger charge is -2.08. The summed E-state index contributed by atoms with van der Waals surface area (Å²) in [6, 6.07) is 2.19. The third kappa shape index (κ3) is 2.40. The Morgan fingerprint density at radius 3 is 2.84 bits per heavy atom. The Kier molecular flexibility index (Phi) is 3.33. The number of fused-ring (bicyclic) bond motifs is 1. The average Bonchev–Trinajstić information content (AvgIpc) is 2.95. The molecule has 1 aliphatic rings. The number of oxazole rings is 1. The minimum absolute atomic E-state index is 0.501. The van der Waals surface area contributed by atoms with Gasteiger partial charge in [-0.1, -0.05) is 6.07 Å². The van der Waals surface area contributed by atoms with Gasteiger partial charge in [0.1, 0.15) is 10.8 Å². The number of hydrogen-bond donors (Lipinski definition) is 1. The normalized spacial score (nSPS) is 13.8. The molecule has 0 radical (unpaired) electrons. The molecule has 0 aliphatic heterocycles. The smallest absolute Gasteiger partial charge is 0.262 e. The van der Waals surface area contributed by atoms with Gasteiger partial charge in [0.25, 0.3) is 5.22 Å². The number of nitrogens with two attached hydrogens (primary N) is 1. The maximum absolute atomic E-state index is 5.83. The highest BCUT2D eigenvalue weighted by molar-refractivity contribution is 7.99. The highest BCUT2D eigenvalue weighted by Gasteiger charge is 2.18. The van der Waals surface area contributed by atoms with E-state index in [-0.39, 0.29) is 0 Å². The summed E-state index contributed by atoms with van der Waals surface area (Å²) in [6.07, 6.45) is 3.38. The van der Waals surface area contributed by atoms with Crippen LogP contribution in [-0.4, -0.2) is 9.97 Å². The van der Waals surface area contributed by atoms with E-state index >= 15 is 0 Å². The van der Waals surface area contributed by atoms with Crippen molar-refractivity contribution in [1.82, 2.24) is 9.97 Å². The van der Waals surface area contributed by atoms with Crippen molar-refractivity contribution in [1.29, 1.82) is 0 Å². The zero-order valence-electron chi connectivity index (χ0n) is 11.2. The van der Waals surface area contributed by atoms with Crippen molar-refractivity contribution in [3.63, 3.8) is 0 Å². The molecule has 0 amide bonds. The highest BCUT2D eigenvalue weighted by atomic mass is 32.2. The molecule has 0 saturated heterocycles. The van der Waals surface area contributed by atoms with Crippen LogP contribution in [0.5, 0.6) is 0 Å². The third-order valence-corrected chi connectivity index (χ3v) is 4.40. The molecule has 19 heavy (non-hydrogen) atoms. The van der Waals surface area contributed by atoms with Crippen molar-refractivity contribution < 1.29 is 4.42 Å². The van der Waals surface area contributed by atoms with Crippen LogP contribution in [0.3, 0.4) is 0 Å². The standard InChI is InChI=1S/C14H17N3OS/c1-8-9(2)18-14(16-8)19-13-11(7-15)6-10-4-3-5-12(10)17-13/h6H,3-5,7,15H2,1-2H3. The van der Waals surface area contributed by atoms with Crippen LogP contribution < -0.4 is 5.73 Å².